The van der Waals surface area contributed by atoms with Crippen LogP contribution in [0.25, 0.3) is 16.9 Å². The number of nitrogen functional groups attached to an aromatic ring is 1. The minimum Gasteiger partial charge on any atom is -0.494 e. The number of pyridine rings is 1. The Morgan fingerprint density at radius 2 is 2.05 bits per heavy atom. The number of ether oxygens (including phenoxy) is 1. The van der Waals surface area contributed by atoms with Crippen LogP contribution < -0.4 is 10.5 Å². The number of imidazole rings is 1. The lowest BCUT2D eigenvalue weighted by Gasteiger charge is -2.02. The van der Waals surface area contributed by atoms with Crippen molar-refractivity contribution in [2.75, 3.05) is 12.8 Å². The molecular formula is C14H12FN3O. The number of nitrogens with two attached hydrogens (primary N) is 1. The summed E-state index contributed by atoms with van der Waals surface area (Å²) in [5.74, 6) is -0.187. The number of aromatic nitrogens is 2. The Hall–Kier alpha value is -2.56. The summed E-state index contributed by atoms with van der Waals surface area (Å²) >= 11 is 0. The molecule has 0 fully saturated rings. The third-order valence-electron chi connectivity index (χ3n) is 2.92. The highest BCUT2D eigenvalue weighted by Gasteiger charge is 2.08. The number of methoxy groups -OCH3 is 1. The molecule has 1 aromatic carbocycles. The first kappa shape index (κ1) is 11.5. The first-order valence-electron chi connectivity index (χ1n) is 5.75. The highest BCUT2D eigenvalue weighted by atomic mass is 19.1. The van der Waals surface area contributed by atoms with Crippen LogP contribution in [0.5, 0.6) is 5.75 Å². The van der Waals surface area contributed by atoms with Gasteiger partial charge in [-0.25, -0.2) is 9.37 Å². The number of halogens is 1. The van der Waals surface area contributed by atoms with Gasteiger partial charge in [0.05, 0.1) is 12.8 Å². The van der Waals surface area contributed by atoms with Crippen LogP contribution in [-0.2, 0) is 0 Å². The van der Waals surface area contributed by atoms with Crippen LogP contribution in [0, 0.1) is 5.82 Å². The fourth-order valence-electron chi connectivity index (χ4n) is 1.97. The lowest BCUT2D eigenvalue weighted by Crippen LogP contribution is -1.88. The van der Waals surface area contributed by atoms with Crippen molar-refractivity contribution in [2.24, 2.45) is 0 Å². The zero-order chi connectivity index (χ0) is 13.4. The molecule has 3 aromatic rings. The molecule has 19 heavy (non-hydrogen) atoms. The summed E-state index contributed by atoms with van der Waals surface area (Å²) in [6.45, 7) is 0. The molecule has 2 aromatic heterocycles. The third-order valence-corrected chi connectivity index (χ3v) is 2.92. The molecule has 3 rings (SSSR count). The smallest absolute Gasteiger partial charge is 0.165 e. The number of nitrogens with zero attached hydrogens (tertiary/aromatic N) is 2. The van der Waals surface area contributed by atoms with E-state index in [0.29, 0.717) is 16.9 Å². The van der Waals surface area contributed by atoms with Gasteiger partial charge in [0, 0.05) is 23.6 Å². The monoisotopic (exact) mass is 257 g/mol. The predicted molar refractivity (Wildman–Crippen MR) is 71.6 cm³/mol. The van der Waals surface area contributed by atoms with E-state index in [1.54, 1.807) is 24.4 Å². The fourth-order valence-corrected chi connectivity index (χ4v) is 1.97. The van der Waals surface area contributed by atoms with Crippen molar-refractivity contribution >= 4 is 11.3 Å². The molecule has 0 bridgehead atoms. The van der Waals surface area contributed by atoms with E-state index in [4.69, 9.17) is 10.5 Å². The zero-order valence-corrected chi connectivity index (χ0v) is 10.3. The second-order valence-corrected chi connectivity index (χ2v) is 4.20. The van der Waals surface area contributed by atoms with E-state index < -0.39 is 5.82 Å². The standard InChI is InChI=1S/C14H12FN3O/c1-19-13-4-2-9(6-11(13)15)12-8-18-7-10(16)3-5-14(18)17-12/h2-8H,16H2,1H3. The van der Waals surface area contributed by atoms with Crippen molar-refractivity contribution in [3.63, 3.8) is 0 Å². The van der Waals surface area contributed by atoms with Gasteiger partial charge in [-0.05, 0) is 30.3 Å². The third kappa shape index (κ3) is 1.99. The molecule has 0 unspecified atom stereocenters. The minimum absolute atomic E-state index is 0.219. The Morgan fingerprint density at radius 1 is 1.21 bits per heavy atom. The summed E-state index contributed by atoms with van der Waals surface area (Å²) in [4.78, 5) is 4.42. The summed E-state index contributed by atoms with van der Waals surface area (Å²) in [6.07, 6.45) is 3.58. The lowest BCUT2D eigenvalue weighted by atomic mass is 10.1. The molecule has 0 aliphatic heterocycles. The molecule has 4 nitrogen and oxygen atoms in total. The quantitative estimate of drug-likeness (QED) is 0.768. The maximum Gasteiger partial charge on any atom is 0.165 e. The molecule has 0 saturated heterocycles. The fraction of sp³-hybridized carbons (Fsp3) is 0.0714. The number of benzene rings is 1. The van der Waals surface area contributed by atoms with Gasteiger partial charge in [-0.1, -0.05) is 0 Å². The van der Waals surface area contributed by atoms with Crippen molar-refractivity contribution < 1.29 is 9.13 Å². The SMILES string of the molecule is COc1ccc(-c2cn3cc(N)ccc3n2)cc1F. The predicted octanol–water partition coefficient (Wildman–Crippen LogP) is 2.73. The molecule has 0 aliphatic carbocycles. The largest absolute Gasteiger partial charge is 0.494 e. The Morgan fingerprint density at radius 3 is 2.79 bits per heavy atom. The zero-order valence-electron chi connectivity index (χ0n) is 10.3. The van der Waals surface area contributed by atoms with E-state index in [1.807, 2.05) is 16.7 Å². The van der Waals surface area contributed by atoms with Crippen molar-refractivity contribution in [1.29, 1.82) is 0 Å². The van der Waals surface area contributed by atoms with Crippen LogP contribution in [0.2, 0.25) is 0 Å². The number of hydrogen-bond donors (Lipinski definition) is 1. The topological polar surface area (TPSA) is 52.5 Å². The van der Waals surface area contributed by atoms with Crippen LogP contribution in [0.3, 0.4) is 0 Å². The second-order valence-electron chi connectivity index (χ2n) is 4.20. The number of anilines is 1. The lowest BCUT2D eigenvalue weighted by molar-refractivity contribution is 0.386. The molecule has 0 spiro atoms. The van der Waals surface area contributed by atoms with Gasteiger partial charge in [-0.3, -0.25) is 0 Å². The van der Waals surface area contributed by atoms with E-state index >= 15 is 0 Å². The van der Waals surface area contributed by atoms with Crippen molar-refractivity contribution in [2.45, 2.75) is 0 Å². The Bertz CT molecular complexity index is 752. The van der Waals surface area contributed by atoms with Gasteiger partial charge in [0.1, 0.15) is 5.65 Å². The summed E-state index contributed by atoms with van der Waals surface area (Å²) in [5.41, 5.74) is 8.51. The van der Waals surface area contributed by atoms with Crippen molar-refractivity contribution in [1.82, 2.24) is 9.38 Å². The molecule has 2 heterocycles. The summed E-state index contributed by atoms with van der Waals surface area (Å²) in [5, 5.41) is 0. The maximum absolute atomic E-state index is 13.7. The van der Waals surface area contributed by atoms with Gasteiger partial charge in [-0.2, -0.15) is 0 Å². The molecule has 5 heteroatoms. The van der Waals surface area contributed by atoms with Crippen LogP contribution >= 0.6 is 0 Å². The van der Waals surface area contributed by atoms with Gasteiger partial charge >= 0.3 is 0 Å². The number of fused-ring (bicyclic) bond motifs is 1. The first-order valence-corrected chi connectivity index (χ1v) is 5.75. The average Bonchev–Trinajstić information content (AvgIpc) is 2.81. The summed E-state index contributed by atoms with van der Waals surface area (Å²) in [6, 6.07) is 8.36. The van der Waals surface area contributed by atoms with E-state index in [2.05, 4.69) is 4.98 Å². The van der Waals surface area contributed by atoms with E-state index in [-0.39, 0.29) is 5.75 Å². The van der Waals surface area contributed by atoms with E-state index in [9.17, 15) is 4.39 Å². The molecular weight excluding hydrogens is 245 g/mol. The van der Waals surface area contributed by atoms with Gasteiger partial charge in [0.2, 0.25) is 0 Å². The van der Waals surface area contributed by atoms with Crippen LogP contribution in [0.1, 0.15) is 0 Å². The normalized spacial score (nSPS) is 10.8. The second kappa shape index (κ2) is 4.28. The molecule has 0 radical (unpaired) electrons. The molecule has 0 amide bonds. The molecule has 0 saturated carbocycles. The van der Waals surface area contributed by atoms with Gasteiger partial charge in [0.15, 0.2) is 11.6 Å². The average molecular weight is 257 g/mol. The van der Waals surface area contributed by atoms with E-state index in [1.165, 1.54) is 13.2 Å². The maximum atomic E-state index is 13.7. The Kier molecular flexibility index (Phi) is 2.59. The van der Waals surface area contributed by atoms with Crippen LogP contribution in [0.4, 0.5) is 10.1 Å². The Labute approximate surface area is 109 Å². The molecule has 0 aliphatic rings. The number of hydrogen-bond acceptors (Lipinski definition) is 3. The van der Waals surface area contributed by atoms with Gasteiger partial charge < -0.3 is 14.9 Å². The van der Waals surface area contributed by atoms with Gasteiger partial charge in [0.25, 0.3) is 0 Å². The Balaban J connectivity index is 2.11. The van der Waals surface area contributed by atoms with Crippen LogP contribution in [0.15, 0.2) is 42.7 Å². The highest BCUT2D eigenvalue weighted by molar-refractivity contribution is 5.64. The van der Waals surface area contributed by atoms with E-state index in [0.717, 1.165) is 5.65 Å². The summed E-state index contributed by atoms with van der Waals surface area (Å²) in [7, 11) is 1.44. The number of rotatable bonds is 2. The van der Waals surface area contributed by atoms with Crippen molar-refractivity contribution in [3.05, 3.63) is 48.5 Å². The molecule has 96 valence electrons. The van der Waals surface area contributed by atoms with Crippen molar-refractivity contribution in [3.8, 4) is 17.0 Å². The first-order chi connectivity index (χ1) is 9.17. The minimum atomic E-state index is -0.406. The summed E-state index contributed by atoms with van der Waals surface area (Å²) < 4.78 is 20.4. The van der Waals surface area contributed by atoms with Gasteiger partial charge in [-0.15, -0.1) is 0 Å². The van der Waals surface area contributed by atoms with Crippen LogP contribution in [-0.4, -0.2) is 16.5 Å². The molecule has 2 N–H and O–H groups in total. The molecule has 0 atom stereocenters. The highest BCUT2D eigenvalue weighted by Crippen LogP contribution is 2.25.